The van der Waals surface area contributed by atoms with Crippen LogP contribution in [-0.4, -0.2) is 5.11 Å². The lowest BCUT2D eigenvalue weighted by atomic mass is 10.2. The van der Waals surface area contributed by atoms with Crippen molar-refractivity contribution in [1.29, 1.82) is 0 Å². The molecule has 0 radical (unpaired) electrons. The van der Waals surface area contributed by atoms with Crippen LogP contribution in [0, 0.1) is 5.13 Å². The highest BCUT2D eigenvalue weighted by atomic mass is 35.5. The van der Waals surface area contributed by atoms with E-state index in [9.17, 15) is 4.39 Å². The number of thiophene rings is 1. The minimum Gasteiger partial charge on any atom is -0.508 e. The highest BCUT2D eigenvalue weighted by molar-refractivity contribution is 7.18. The molecular formula is C8H4ClFOS. The molecule has 0 aliphatic rings. The molecule has 0 unspecified atom stereocenters. The first-order chi connectivity index (χ1) is 5.68. The number of rotatable bonds is 0. The maximum absolute atomic E-state index is 12.9. The predicted molar refractivity (Wildman–Crippen MR) is 48.5 cm³/mol. The van der Waals surface area contributed by atoms with E-state index in [1.54, 1.807) is 6.07 Å². The second-order valence-corrected chi connectivity index (χ2v) is 3.75. The summed E-state index contributed by atoms with van der Waals surface area (Å²) in [6.07, 6.45) is 0. The molecule has 0 aliphatic carbocycles. The molecule has 2 rings (SSSR count). The molecular weight excluding hydrogens is 199 g/mol. The number of hydrogen-bond donors (Lipinski definition) is 1. The monoisotopic (exact) mass is 202 g/mol. The summed E-state index contributed by atoms with van der Waals surface area (Å²) in [5.74, 6) is 0.125. The fourth-order valence-corrected chi connectivity index (χ4v) is 2.21. The Kier molecular flexibility index (Phi) is 1.70. The predicted octanol–water partition coefficient (Wildman–Crippen LogP) is 3.40. The molecule has 2 aromatic rings. The summed E-state index contributed by atoms with van der Waals surface area (Å²) in [7, 11) is 0. The summed E-state index contributed by atoms with van der Waals surface area (Å²) >= 11 is 6.58. The number of benzene rings is 1. The molecule has 0 amide bonds. The van der Waals surface area contributed by atoms with Crippen LogP contribution in [0.2, 0.25) is 5.02 Å². The Labute approximate surface area is 77.0 Å². The molecule has 0 spiro atoms. The molecule has 62 valence electrons. The van der Waals surface area contributed by atoms with E-state index >= 15 is 0 Å². The number of hydrogen-bond acceptors (Lipinski definition) is 2. The van der Waals surface area contributed by atoms with Gasteiger partial charge in [0.05, 0.1) is 5.02 Å². The van der Waals surface area contributed by atoms with Crippen LogP contribution in [0.3, 0.4) is 0 Å². The van der Waals surface area contributed by atoms with Gasteiger partial charge in [-0.25, -0.2) is 0 Å². The van der Waals surface area contributed by atoms with Gasteiger partial charge in [0, 0.05) is 10.1 Å². The molecule has 0 atom stereocenters. The molecule has 12 heavy (non-hydrogen) atoms. The van der Waals surface area contributed by atoms with Crippen LogP contribution in [0.1, 0.15) is 0 Å². The summed E-state index contributed by atoms with van der Waals surface area (Å²) in [5.41, 5.74) is 0. The third-order valence-corrected chi connectivity index (χ3v) is 3.00. The molecule has 0 saturated carbocycles. The van der Waals surface area contributed by atoms with Gasteiger partial charge in [0.15, 0.2) is 5.13 Å². The van der Waals surface area contributed by atoms with Gasteiger partial charge in [0.2, 0.25) is 0 Å². The van der Waals surface area contributed by atoms with Gasteiger partial charge in [-0.1, -0.05) is 11.6 Å². The van der Waals surface area contributed by atoms with Gasteiger partial charge in [-0.05, 0) is 18.2 Å². The normalized spacial score (nSPS) is 10.8. The van der Waals surface area contributed by atoms with Crippen LogP contribution in [-0.2, 0) is 0 Å². The van der Waals surface area contributed by atoms with Gasteiger partial charge >= 0.3 is 0 Å². The molecule has 1 nitrogen and oxygen atoms in total. The van der Waals surface area contributed by atoms with Crippen LogP contribution in [0.4, 0.5) is 4.39 Å². The molecule has 1 aromatic carbocycles. The van der Waals surface area contributed by atoms with Crippen molar-refractivity contribution >= 4 is 33.0 Å². The molecule has 0 aliphatic heterocycles. The average Bonchev–Trinajstić information content (AvgIpc) is 2.28. The maximum Gasteiger partial charge on any atom is 0.196 e. The first kappa shape index (κ1) is 7.83. The zero-order chi connectivity index (χ0) is 8.72. The molecule has 4 heteroatoms. The van der Waals surface area contributed by atoms with E-state index in [0.29, 0.717) is 10.1 Å². The van der Waals surface area contributed by atoms with Crippen molar-refractivity contribution in [3.8, 4) is 5.75 Å². The zero-order valence-electron chi connectivity index (χ0n) is 5.84. The van der Waals surface area contributed by atoms with Gasteiger partial charge in [0.25, 0.3) is 0 Å². The SMILES string of the molecule is Oc1ccc2c(Cl)c(F)sc2c1. The van der Waals surface area contributed by atoms with Crippen molar-refractivity contribution in [1.82, 2.24) is 0 Å². The lowest BCUT2D eigenvalue weighted by molar-refractivity contribution is 0.476. The van der Waals surface area contributed by atoms with Crippen molar-refractivity contribution in [2.75, 3.05) is 0 Å². The summed E-state index contributed by atoms with van der Waals surface area (Å²) < 4.78 is 13.5. The lowest BCUT2D eigenvalue weighted by Gasteiger charge is -1.90. The Balaban J connectivity index is 2.87. The molecule has 0 saturated heterocycles. The quantitative estimate of drug-likeness (QED) is 0.694. The Morgan fingerprint density at radius 1 is 1.42 bits per heavy atom. The third-order valence-electron chi connectivity index (χ3n) is 1.57. The molecule has 0 bridgehead atoms. The lowest BCUT2D eigenvalue weighted by Crippen LogP contribution is -1.65. The van der Waals surface area contributed by atoms with Crippen molar-refractivity contribution in [2.45, 2.75) is 0 Å². The van der Waals surface area contributed by atoms with Crippen molar-refractivity contribution in [3.05, 3.63) is 28.4 Å². The zero-order valence-corrected chi connectivity index (χ0v) is 7.42. The summed E-state index contributed by atoms with van der Waals surface area (Å²) in [6, 6.07) is 4.59. The Morgan fingerprint density at radius 3 is 2.92 bits per heavy atom. The van der Waals surface area contributed by atoms with Gasteiger partial charge in [-0.15, -0.1) is 11.3 Å². The van der Waals surface area contributed by atoms with E-state index in [1.807, 2.05) is 0 Å². The van der Waals surface area contributed by atoms with Crippen molar-refractivity contribution < 1.29 is 9.50 Å². The smallest absolute Gasteiger partial charge is 0.196 e. The Bertz CT molecular complexity index is 438. The van der Waals surface area contributed by atoms with Crippen LogP contribution in [0.5, 0.6) is 5.75 Å². The highest BCUT2D eigenvalue weighted by Gasteiger charge is 2.09. The molecule has 0 fully saturated rings. The van der Waals surface area contributed by atoms with Gasteiger partial charge < -0.3 is 5.11 Å². The van der Waals surface area contributed by atoms with Gasteiger partial charge in [-0.3, -0.25) is 0 Å². The number of phenols is 1. The standard InChI is InChI=1S/C8H4ClFOS/c9-7-5-2-1-4(11)3-6(5)12-8(7)10/h1-3,11H. The van der Waals surface area contributed by atoms with Crippen LogP contribution < -0.4 is 0 Å². The first-order valence-electron chi connectivity index (χ1n) is 3.25. The van der Waals surface area contributed by atoms with Crippen LogP contribution >= 0.6 is 22.9 Å². The fraction of sp³-hybridized carbons (Fsp3) is 0. The minimum absolute atomic E-state index is 0.125. The third kappa shape index (κ3) is 1.06. The number of phenolic OH excluding ortho intramolecular Hbond substituents is 1. The van der Waals surface area contributed by atoms with Crippen molar-refractivity contribution in [2.24, 2.45) is 0 Å². The summed E-state index contributed by atoms with van der Waals surface area (Å²) in [6.45, 7) is 0. The van der Waals surface area contributed by atoms with E-state index in [0.717, 1.165) is 11.3 Å². The van der Waals surface area contributed by atoms with E-state index in [4.69, 9.17) is 16.7 Å². The maximum atomic E-state index is 12.9. The Morgan fingerprint density at radius 2 is 2.17 bits per heavy atom. The van der Waals surface area contributed by atoms with Crippen LogP contribution in [0.15, 0.2) is 18.2 Å². The Hall–Kier alpha value is -0.800. The average molecular weight is 203 g/mol. The number of aromatic hydroxyl groups is 1. The van der Waals surface area contributed by atoms with Gasteiger partial charge in [0.1, 0.15) is 5.75 Å². The summed E-state index contributed by atoms with van der Waals surface area (Å²) in [5, 5.41) is 9.45. The van der Waals surface area contributed by atoms with Crippen LogP contribution in [0.25, 0.3) is 10.1 Å². The van der Waals surface area contributed by atoms with Crippen molar-refractivity contribution in [3.63, 3.8) is 0 Å². The second kappa shape index (κ2) is 2.61. The van der Waals surface area contributed by atoms with Gasteiger partial charge in [-0.2, -0.15) is 4.39 Å². The highest BCUT2D eigenvalue weighted by Crippen LogP contribution is 2.35. The molecule has 1 N–H and O–H groups in total. The largest absolute Gasteiger partial charge is 0.508 e. The molecule has 1 heterocycles. The second-order valence-electron chi connectivity index (χ2n) is 2.37. The topological polar surface area (TPSA) is 20.2 Å². The minimum atomic E-state index is -0.405. The van der Waals surface area contributed by atoms with E-state index in [2.05, 4.69) is 0 Å². The number of halogens is 2. The number of fused-ring (bicyclic) bond motifs is 1. The van der Waals surface area contributed by atoms with E-state index in [-0.39, 0.29) is 10.8 Å². The fourth-order valence-electron chi connectivity index (χ4n) is 1.02. The summed E-state index contributed by atoms with van der Waals surface area (Å²) in [4.78, 5) is 0. The van der Waals surface area contributed by atoms with E-state index < -0.39 is 5.13 Å². The van der Waals surface area contributed by atoms with E-state index in [1.165, 1.54) is 12.1 Å². The first-order valence-corrected chi connectivity index (χ1v) is 4.44. The molecule has 1 aromatic heterocycles.